The van der Waals surface area contributed by atoms with Gasteiger partial charge in [0.25, 0.3) is 0 Å². The summed E-state index contributed by atoms with van der Waals surface area (Å²) < 4.78 is 0. The van der Waals surface area contributed by atoms with Crippen LogP contribution < -0.4 is 0 Å². The molecule has 0 saturated heterocycles. The molecule has 0 fully saturated rings. The SMILES string of the molecule is CC1=CC2=C(CCCC2(C)C)C1(Cl)CCC1(Cl)C(C)=CC2=C1CCCC2(C)C. The normalized spacial score (nSPS) is 36.3. The maximum atomic E-state index is 7.42. The molecule has 2 unspecified atom stereocenters. The lowest BCUT2D eigenvalue weighted by atomic mass is 9.70. The largest absolute Gasteiger partial charge is 0.110 e. The van der Waals surface area contributed by atoms with Crippen LogP contribution >= 0.6 is 23.2 Å². The molecule has 0 spiro atoms. The van der Waals surface area contributed by atoms with Gasteiger partial charge in [-0.25, -0.2) is 0 Å². The van der Waals surface area contributed by atoms with Gasteiger partial charge < -0.3 is 0 Å². The lowest BCUT2D eigenvalue weighted by Gasteiger charge is -2.39. The molecule has 0 amide bonds. The van der Waals surface area contributed by atoms with E-state index in [1.165, 1.54) is 59.1 Å². The van der Waals surface area contributed by atoms with Gasteiger partial charge in [0.2, 0.25) is 0 Å². The van der Waals surface area contributed by atoms with Crippen LogP contribution in [-0.4, -0.2) is 9.75 Å². The van der Waals surface area contributed by atoms with E-state index in [0.717, 1.165) is 25.7 Å². The second-order valence-corrected chi connectivity index (χ2v) is 12.3. The fraction of sp³-hybridized carbons (Fsp3) is 0.692. The van der Waals surface area contributed by atoms with E-state index in [9.17, 15) is 0 Å². The summed E-state index contributed by atoms with van der Waals surface area (Å²) in [5.74, 6) is 0. The van der Waals surface area contributed by atoms with Crippen LogP contribution in [0, 0.1) is 10.8 Å². The second kappa shape index (κ2) is 6.52. The van der Waals surface area contributed by atoms with Crippen molar-refractivity contribution in [1.29, 1.82) is 0 Å². The summed E-state index contributed by atoms with van der Waals surface area (Å²) in [6.07, 6.45) is 13.9. The Morgan fingerprint density at radius 1 is 0.714 bits per heavy atom. The zero-order valence-electron chi connectivity index (χ0n) is 18.6. The van der Waals surface area contributed by atoms with Crippen LogP contribution in [0.15, 0.2) is 45.6 Å². The van der Waals surface area contributed by atoms with Crippen molar-refractivity contribution >= 4 is 23.2 Å². The Labute approximate surface area is 182 Å². The molecule has 0 N–H and O–H groups in total. The molecule has 154 valence electrons. The first-order chi connectivity index (χ1) is 12.9. The molecule has 4 aliphatic rings. The van der Waals surface area contributed by atoms with Gasteiger partial charge in [-0.15, -0.1) is 23.2 Å². The number of hydrogen-bond acceptors (Lipinski definition) is 0. The Kier molecular flexibility index (Phi) is 4.84. The molecule has 0 bridgehead atoms. The van der Waals surface area contributed by atoms with E-state index < -0.39 is 0 Å². The third-order valence-electron chi connectivity index (χ3n) is 8.31. The van der Waals surface area contributed by atoms with Gasteiger partial charge in [0.05, 0.1) is 9.75 Å². The summed E-state index contributed by atoms with van der Waals surface area (Å²) in [5, 5.41) is 0. The summed E-state index contributed by atoms with van der Waals surface area (Å²) in [6, 6.07) is 0. The van der Waals surface area contributed by atoms with Gasteiger partial charge >= 0.3 is 0 Å². The molecule has 4 rings (SSSR count). The summed E-state index contributed by atoms with van der Waals surface area (Å²) in [5.41, 5.74) is 9.13. The molecule has 0 radical (unpaired) electrons. The molecule has 2 atom stereocenters. The summed E-state index contributed by atoms with van der Waals surface area (Å²) in [7, 11) is 0. The first kappa shape index (κ1) is 20.8. The Bertz CT molecular complexity index is 762. The van der Waals surface area contributed by atoms with Crippen LogP contribution in [0.2, 0.25) is 0 Å². The minimum Gasteiger partial charge on any atom is -0.110 e. The van der Waals surface area contributed by atoms with E-state index in [-0.39, 0.29) is 20.6 Å². The van der Waals surface area contributed by atoms with E-state index in [1.807, 2.05) is 0 Å². The fourth-order valence-electron chi connectivity index (χ4n) is 6.34. The standard InChI is InChI=1S/C26H36Cl2/c1-17-15-21-19(9-7-11-23(21,3)4)25(17,27)13-14-26(28)18(2)16-22-20(26)10-8-12-24(22,5)6/h15-16H,7-14H2,1-6H3. The van der Waals surface area contributed by atoms with Gasteiger partial charge in [0.15, 0.2) is 0 Å². The van der Waals surface area contributed by atoms with Gasteiger partial charge in [-0.1, -0.05) is 39.8 Å². The van der Waals surface area contributed by atoms with Crippen LogP contribution in [0.1, 0.15) is 92.9 Å². The lowest BCUT2D eigenvalue weighted by Crippen LogP contribution is -2.33. The lowest BCUT2D eigenvalue weighted by molar-refractivity contribution is 0.366. The molecular weight excluding hydrogens is 383 g/mol. The van der Waals surface area contributed by atoms with Crippen molar-refractivity contribution in [1.82, 2.24) is 0 Å². The van der Waals surface area contributed by atoms with Crippen molar-refractivity contribution < 1.29 is 0 Å². The number of allylic oxidation sites excluding steroid dienone is 8. The van der Waals surface area contributed by atoms with Crippen LogP contribution in [0.4, 0.5) is 0 Å². The quantitative estimate of drug-likeness (QED) is 0.402. The third-order valence-corrected chi connectivity index (χ3v) is 9.74. The molecule has 4 aliphatic carbocycles. The van der Waals surface area contributed by atoms with E-state index in [0.29, 0.717) is 0 Å². The van der Waals surface area contributed by atoms with E-state index in [4.69, 9.17) is 23.2 Å². The van der Waals surface area contributed by atoms with Crippen molar-refractivity contribution in [3.05, 3.63) is 45.6 Å². The van der Waals surface area contributed by atoms with Crippen LogP contribution in [0.25, 0.3) is 0 Å². The minimum atomic E-state index is -0.331. The molecule has 28 heavy (non-hydrogen) atoms. The zero-order valence-corrected chi connectivity index (χ0v) is 20.1. The van der Waals surface area contributed by atoms with Gasteiger partial charge in [0, 0.05) is 0 Å². The van der Waals surface area contributed by atoms with E-state index in [1.54, 1.807) is 0 Å². The third kappa shape index (κ3) is 2.92. The Morgan fingerprint density at radius 2 is 1.07 bits per heavy atom. The second-order valence-electron chi connectivity index (χ2n) is 11.0. The predicted molar refractivity (Wildman–Crippen MR) is 123 cm³/mol. The van der Waals surface area contributed by atoms with Crippen LogP contribution in [-0.2, 0) is 0 Å². The number of hydrogen-bond donors (Lipinski definition) is 0. The van der Waals surface area contributed by atoms with Crippen molar-refractivity contribution in [2.45, 2.75) is 103 Å². The molecule has 0 aliphatic heterocycles. The zero-order chi connectivity index (χ0) is 20.5. The summed E-state index contributed by atoms with van der Waals surface area (Å²) >= 11 is 14.8. The van der Waals surface area contributed by atoms with Crippen molar-refractivity contribution in [2.75, 3.05) is 0 Å². The molecular formula is C26H36Cl2. The molecule has 0 aromatic heterocycles. The smallest absolute Gasteiger partial charge is 0.0871 e. The Hall–Kier alpha value is -0.460. The number of rotatable bonds is 3. The van der Waals surface area contributed by atoms with E-state index >= 15 is 0 Å². The van der Waals surface area contributed by atoms with Crippen molar-refractivity contribution in [2.24, 2.45) is 10.8 Å². The first-order valence-corrected chi connectivity index (χ1v) is 11.9. The molecule has 0 nitrogen and oxygen atoms in total. The van der Waals surface area contributed by atoms with Crippen LogP contribution in [0.3, 0.4) is 0 Å². The highest BCUT2D eigenvalue weighted by Gasteiger charge is 2.49. The van der Waals surface area contributed by atoms with Gasteiger partial charge in [-0.2, -0.15) is 0 Å². The van der Waals surface area contributed by atoms with Gasteiger partial charge in [0.1, 0.15) is 0 Å². The van der Waals surface area contributed by atoms with Crippen LogP contribution in [0.5, 0.6) is 0 Å². The highest BCUT2D eigenvalue weighted by molar-refractivity contribution is 6.30. The molecule has 0 saturated carbocycles. The van der Waals surface area contributed by atoms with Gasteiger partial charge in [-0.05, 0) is 109 Å². The highest BCUT2D eigenvalue weighted by Crippen LogP contribution is 2.58. The maximum absolute atomic E-state index is 7.42. The van der Waals surface area contributed by atoms with Crippen molar-refractivity contribution in [3.63, 3.8) is 0 Å². The topological polar surface area (TPSA) is 0 Å². The average molecular weight is 419 g/mol. The highest BCUT2D eigenvalue weighted by atomic mass is 35.5. The summed E-state index contributed by atoms with van der Waals surface area (Å²) in [4.78, 5) is -0.661. The summed E-state index contributed by atoms with van der Waals surface area (Å²) in [6.45, 7) is 14.0. The Balaban J connectivity index is 1.64. The van der Waals surface area contributed by atoms with E-state index in [2.05, 4.69) is 53.7 Å². The van der Waals surface area contributed by atoms with Crippen molar-refractivity contribution in [3.8, 4) is 0 Å². The number of halogens is 2. The molecule has 0 aromatic rings. The minimum absolute atomic E-state index is 0.246. The fourth-order valence-corrected chi connectivity index (χ4v) is 7.03. The average Bonchev–Trinajstić information content (AvgIpc) is 3.02. The predicted octanol–water partition coefficient (Wildman–Crippen LogP) is 8.66. The van der Waals surface area contributed by atoms with Gasteiger partial charge in [-0.3, -0.25) is 0 Å². The monoisotopic (exact) mass is 418 g/mol. The maximum Gasteiger partial charge on any atom is 0.0871 e. The molecule has 2 heteroatoms. The Morgan fingerprint density at radius 3 is 1.43 bits per heavy atom. The molecule has 0 aromatic carbocycles. The molecule has 0 heterocycles. The first-order valence-electron chi connectivity index (χ1n) is 11.2. The number of alkyl halides is 2.